The van der Waals surface area contributed by atoms with Gasteiger partial charge in [0, 0.05) is 13.1 Å². The quantitative estimate of drug-likeness (QED) is 0.378. The summed E-state index contributed by atoms with van der Waals surface area (Å²) in [5, 5.41) is 3.03. The monoisotopic (exact) mass is 474 g/mol. The predicted molar refractivity (Wildman–Crippen MR) is 137 cm³/mol. The second-order valence-electron chi connectivity index (χ2n) is 8.33. The van der Waals surface area contributed by atoms with Gasteiger partial charge in [0.05, 0.1) is 20.6 Å². The average Bonchev–Trinajstić information content (AvgIpc) is 2.89. The summed E-state index contributed by atoms with van der Waals surface area (Å²) in [7, 11) is 3.14. The lowest BCUT2D eigenvalue weighted by Gasteiger charge is -2.32. The molecule has 0 aromatic heterocycles. The van der Waals surface area contributed by atoms with E-state index < -0.39 is 6.04 Å². The highest BCUT2D eigenvalue weighted by atomic mass is 16.5. The van der Waals surface area contributed by atoms with Crippen molar-refractivity contribution >= 4 is 11.8 Å². The highest BCUT2D eigenvalue weighted by Crippen LogP contribution is 2.29. The number of unbranched alkanes of at least 4 members (excludes halogenated alkanes) is 1. The molecule has 0 saturated carbocycles. The molecule has 6 nitrogen and oxygen atoms in total. The normalized spacial score (nSPS) is 11.4. The molecule has 6 heteroatoms. The Morgan fingerprint density at radius 2 is 1.51 bits per heavy atom. The molecular weight excluding hydrogens is 440 g/mol. The first-order chi connectivity index (χ1) is 17.1. The van der Waals surface area contributed by atoms with Crippen LogP contribution in [0, 0.1) is 0 Å². The zero-order valence-electron chi connectivity index (χ0n) is 20.7. The Kier molecular flexibility index (Phi) is 9.72. The fourth-order valence-corrected chi connectivity index (χ4v) is 3.96. The van der Waals surface area contributed by atoms with Gasteiger partial charge in [-0.15, -0.1) is 0 Å². The zero-order chi connectivity index (χ0) is 25.0. The summed E-state index contributed by atoms with van der Waals surface area (Å²) in [6.07, 6.45) is 1.98. The van der Waals surface area contributed by atoms with E-state index in [0.29, 0.717) is 24.6 Å². The summed E-state index contributed by atoms with van der Waals surface area (Å²) in [4.78, 5) is 28.9. The van der Waals surface area contributed by atoms with Crippen LogP contribution in [-0.4, -0.2) is 37.5 Å². The third kappa shape index (κ3) is 7.09. The molecule has 0 radical (unpaired) electrons. The molecule has 0 aliphatic rings. The summed E-state index contributed by atoms with van der Waals surface area (Å²) in [5.41, 5.74) is 2.51. The highest BCUT2D eigenvalue weighted by molar-refractivity contribution is 5.89. The summed E-state index contributed by atoms with van der Waals surface area (Å²) < 4.78 is 10.7. The molecule has 3 aromatic rings. The van der Waals surface area contributed by atoms with Gasteiger partial charge >= 0.3 is 0 Å². The number of carbonyl (C=O) groups is 2. The summed E-state index contributed by atoms with van der Waals surface area (Å²) in [6.45, 7) is 2.96. The first kappa shape index (κ1) is 25.8. The van der Waals surface area contributed by atoms with E-state index >= 15 is 0 Å². The first-order valence-corrected chi connectivity index (χ1v) is 11.9. The summed E-state index contributed by atoms with van der Waals surface area (Å²) in [6, 6.07) is 23.9. The fraction of sp³-hybridized carbons (Fsp3) is 0.310. The van der Waals surface area contributed by atoms with E-state index in [1.165, 1.54) is 0 Å². The lowest BCUT2D eigenvalue weighted by molar-refractivity contribution is -0.141. The molecular formula is C29H34N2O4. The Labute approximate surface area is 207 Å². The third-order valence-corrected chi connectivity index (χ3v) is 5.82. The zero-order valence-corrected chi connectivity index (χ0v) is 20.7. The van der Waals surface area contributed by atoms with E-state index in [1.54, 1.807) is 31.3 Å². The minimum absolute atomic E-state index is 0.124. The molecule has 0 fully saturated rings. The van der Waals surface area contributed by atoms with Gasteiger partial charge < -0.3 is 19.7 Å². The number of carbonyl (C=O) groups excluding carboxylic acids is 2. The number of methoxy groups -OCH3 is 2. The van der Waals surface area contributed by atoms with Crippen molar-refractivity contribution in [3.8, 4) is 11.5 Å². The summed E-state index contributed by atoms with van der Waals surface area (Å²) in [5.74, 6) is 0.827. The lowest BCUT2D eigenvalue weighted by atomic mass is 10.0. The van der Waals surface area contributed by atoms with Crippen LogP contribution in [0.1, 0.15) is 42.5 Å². The average molecular weight is 475 g/mol. The van der Waals surface area contributed by atoms with Crippen LogP contribution in [0.2, 0.25) is 0 Å². The van der Waals surface area contributed by atoms with Crippen molar-refractivity contribution in [3.05, 3.63) is 95.6 Å². The molecule has 1 unspecified atom stereocenters. The number of ether oxygens (including phenoxy) is 2. The highest BCUT2D eigenvalue weighted by Gasteiger charge is 2.31. The Morgan fingerprint density at radius 3 is 2.14 bits per heavy atom. The van der Waals surface area contributed by atoms with Crippen LogP contribution in [0.3, 0.4) is 0 Å². The number of benzene rings is 3. The topological polar surface area (TPSA) is 67.9 Å². The van der Waals surface area contributed by atoms with Crippen molar-refractivity contribution < 1.29 is 19.1 Å². The van der Waals surface area contributed by atoms with Crippen molar-refractivity contribution in [2.45, 2.75) is 38.8 Å². The van der Waals surface area contributed by atoms with Gasteiger partial charge in [-0.2, -0.15) is 0 Å². The van der Waals surface area contributed by atoms with Gasteiger partial charge in [-0.1, -0.05) is 80.1 Å². The van der Waals surface area contributed by atoms with E-state index in [2.05, 4.69) is 12.2 Å². The van der Waals surface area contributed by atoms with Crippen LogP contribution in [0.5, 0.6) is 11.5 Å². The van der Waals surface area contributed by atoms with Gasteiger partial charge in [-0.05, 0) is 35.2 Å². The van der Waals surface area contributed by atoms with E-state index in [4.69, 9.17) is 9.47 Å². The third-order valence-electron chi connectivity index (χ3n) is 5.82. The Bertz CT molecular complexity index is 1090. The number of hydrogen-bond acceptors (Lipinski definition) is 4. The second-order valence-corrected chi connectivity index (χ2v) is 8.33. The van der Waals surface area contributed by atoms with Crippen LogP contribution in [0.15, 0.2) is 78.9 Å². The van der Waals surface area contributed by atoms with Crippen LogP contribution >= 0.6 is 0 Å². The van der Waals surface area contributed by atoms with Gasteiger partial charge in [0.2, 0.25) is 11.8 Å². The van der Waals surface area contributed by atoms with Gasteiger partial charge in [0.15, 0.2) is 11.5 Å². The number of nitrogens with one attached hydrogen (secondary N) is 1. The fourth-order valence-electron chi connectivity index (χ4n) is 3.96. The molecule has 3 aromatic carbocycles. The molecule has 0 aliphatic carbocycles. The van der Waals surface area contributed by atoms with Crippen molar-refractivity contribution in [2.24, 2.45) is 0 Å². The van der Waals surface area contributed by atoms with Crippen LogP contribution in [0.4, 0.5) is 0 Å². The smallest absolute Gasteiger partial charge is 0.247 e. The van der Waals surface area contributed by atoms with Gasteiger partial charge in [0.1, 0.15) is 6.04 Å². The van der Waals surface area contributed by atoms with Crippen molar-refractivity contribution in [1.29, 1.82) is 0 Å². The van der Waals surface area contributed by atoms with Crippen molar-refractivity contribution in [3.63, 3.8) is 0 Å². The van der Waals surface area contributed by atoms with E-state index in [9.17, 15) is 9.59 Å². The lowest BCUT2D eigenvalue weighted by Crippen LogP contribution is -2.44. The van der Waals surface area contributed by atoms with E-state index in [0.717, 1.165) is 29.5 Å². The molecule has 0 heterocycles. The van der Waals surface area contributed by atoms with Gasteiger partial charge in [-0.25, -0.2) is 0 Å². The van der Waals surface area contributed by atoms with E-state index in [1.807, 2.05) is 66.7 Å². The Morgan fingerprint density at radius 1 is 0.857 bits per heavy atom. The number of amides is 2. The molecule has 184 valence electrons. The summed E-state index contributed by atoms with van der Waals surface area (Å²) >= 11 is 0. The molecule has 35 heavy (non-hydrogen) atoms. The van der Waals surface area contributed by atoms with Crippen molar-refractivity contribution in [2.75, 3.05) is 20.8 Å². The molecule has 3 rings (SSSR count). The number of rotatable bonds is 12. The molecule has 0 spiro atoms. The molecule has 2 amide bonds. The maximum atomic E-state index is 13.8. The number of hydrogen-bond donors (Lipinski definition) is 1. The predicted octanol–water partition coefficient (Wildman–Crippen LogP) is 4.93. The molecule has 0 aliphatic heterocycles. The minimum atomic E-state index is -0.749. The molecule has 0 saturated heterocycles. The van der Waals surface area contributed by atoms with Gasteiger partial charge in [-0.3, -0.25) is 9.59 Å². The van der Waals surface area contributed by atoms with Crippen LogP contribution in [-0.2, 0) is 22.6 Å². The Balaban J connectivity index is 1.97. The minimum Gasteiger partial charge on any atom is -0.493 e. The van der Waals surface area contributed by atoms with E-state index in [-0.39, 0.29) is 18.2 Å². The van der Waals surface area contributed by atoms with Gasteiger partial charge in [0.25, 0.3) is 0 Å². The maximum Gasteiger partial charge on any atom is 0.247 e. The molecule has 1 atom stereocenters. The van der Waals surface area contributed by atoms with Crippen LogP contribution in [0.25, 0.3) is 0 Å². The molecule has 0 bridgehead atoms. The standard InChI is InChI=1S/C29H34N2O4/c1-4-5-18-30-29(33)28(24-14-10-7-11-15-24)31(21-22-12-8-6-9-13-22)27(32)20-23-16-17-25(34-2)26(19-23)35-3/h6-17,19,28H,4-5,18,20-21H2,1-3H3,(H,30,33). The largest absolute Gasteiger partial charge is 0.493 e. The van der Waals surface area contributed by atoms with Crippen LogP contribution < -0.4 is 14.8 Å². The molecule has 1 N–H and O–H groups in total. The van der Waals surface area contributed by atoms with Crippen molar-refractivity contribution in [1.82, 2.24) is 10.2 Å². The second kappa shape index (κ2) is 13.2. The Hall–Kier alpha value is -3.80. The SMILES string of the molecule is CCCCNC(=O)C(c1ccccc1)N(Cc1ccccc1)C(=O)Cc1ccc(OC)c(OC)c1. The maximum absolute atomic E-state index is 13.8. The number of nitrogens with zero attached hydrogens (tertiary/aromatic N) is 1. The first-order valence-electron chi connectivity index (χ1n) is 11.9.